The summed E-state index contributed by atoms with van der Waals surface area (Å²) in [6.07, 6.45) is 0.911. The smallest absolute Gasteiger partial charge is 0.119 e. The van der Waals surface area contributed by atoms with Crippen molar-refractivity contribution in [2.75, 3.05) is 12.8 Å². The standard InChI is InChI=1S/C14H13NO/c1-16-10-5-6-11-9(7-10)8-13-12(11)3-2-4-14(13)15/h2-7H,8,15H2,1H3. The number of ether oxygens (including phenoxy) is 1. The molecule has 16 heavy (non-hydrogen) atoms. The summed E-state index contributed by atoms with van der Waals surface area (Å²) in [5.74, 6) is 0.908. The summed E-state index contributed by atoms with van der Waals surface area (Å²) >= 11 is 0. The molecule has 2 nitrogen and oxygen atoms in total. The van der Waals surface area contributed by atoms with Crippen LogP contribution in [0.3, 0.4) is 0 Å². The first-order valence-electron chi connectivity index (χ1n) is 5.34. The minimum atomic E-state index is 0.882. The predicted molar refractivity (Wildman–Crippen MR) is 65.6 cm³/mol. The van der Waals surface area contributed by atoms with Crippen LogP contribution in [0.2, 0.25) is 0 Å². The molecule has 0 atom stereocenters. The summed E-state index contributed by atoms with van der Waals surface area (Å²) < 4.78 is 5.24. The van der Waals surface area contributed by atoms with Gasteiger partial charge in [-0.05, 0) is 40.5 Å². The van der Waals surface area contributed by atoms with Crippen molar-refractivity contribution in [3.05, 3.63) is 47.5 Å². The Morgan fingerprint density at radius 1 is 1.12 bits per heavy atom. The molecule has 0 fully saturated rings. The molecule has 0 radical (unpaired) electrons. The zero-order chi connectivity index (χ0) is 11.1. The Bertz CT molecular complexity index is 561. The summed E-state index contributed by atoms with van der Waals surface area (Å²) in [5, 5.41) is 0. The fourth-order valence-electron chi connectivity index (χ4n) is 2.35. The summed E-state index contributed by atoms with van der Waals surface area (Å²) in [6.45, 7) is 0. The highest BCUT2D eigenvalue weighted by Crippen LogP contribution is 2.40. The second-order valence-electron chi connectivity index (χ2n) is 4.07. The van der Waals surface area contributed by atoms with E-state index >= 15 is 0 Å². The first-order chi connectivity index (χ1) is 7.79. The molecular weight excluding hydrogens is 198 g/mol. The molecular formula is C14H13NO. The lowest BCUT2D eigenvalue weighted by Crippen LogP contribution is -1.91. The normalized spacial score (nSPS) is 12.1. The summed E-state index contributed by atoms with van der Waals surface area (Å²) in [7, 11) is 1.69. The Kier molecular flexibility index (Phi) is 1.90. The molecule has 1 aliphatic rings. The lowest BCUT2D eigenvalue weighted by Gasteiger charge is -2.03. The number of methoxy groups -OCH3 is 1. The third kappa shape index (κ3) is 1.20. The molecule has 2 aromatic rings. The van der Waals surface area contributed by atoms with E-state index in [0.29, 0.717) is 0 Å². The third-order valence-corrected chi connectivity index (χ3v) is 3.18. The fourth-order valence-corrected chi connectivity index (χ4v) is 2.35. The number of nitrogen functional groups attached to an aromatic ring is 1. The molecule has 0 heterocycles. The number of benzene rings is 2. The number of fused-ring (bicyclic) bond motifs is 3. The quantitative estimate of drug-likeness (QED) is 0.628. The van der Waals surface area contributed by atoms with Gasteiger partial charge in [0.15, 0.2) is 0 Å². The summed E-state index contributed by atoms with van der Waals surface area (Å²) in [5.41, 5.74) is 12.0. The Balaban J connectivity index is 2.20. The predicted octanol–water partition coefficient (Wildman–Crippen LogP) is 2.85. The van der Waals surface area contributed by atoms with Crippen molar-refractivity contribution in [2.45, 2.75) is 6.42 Å². The first-order valence-corrected chi connectivity index (χ1v) is 5.34. The van der Waals surface area contributed by atoms with Crippen molar-refractivity contribution in [1.82, 2.24) is 0 Å². The van der Waals surface area contributed by atoms with Gasteiger partial charge in [-0.25, -0.2) is 0 Å². The summed E-state index contributed by atoms with van der Waals surface area (Å²) in [6, 6.07) is 12.3. The molecule has 3 rings (SSSR count). The second kappa shape index (κ2) is 3.27. The van der Waals surface area contributed by atoms with Crippen molar-refractivity contribution in [2.24, 2.45) is 0 Å². The van der Waals surface area contributed by atoms with E-state index in [1.165, 1.54) is 22.3 Å². The monoisotopic (exact) mass is 211 g/mol. The molecule has 0 unspecified atom stereocenters. The van der Waals surface area contributed by atoms with Crippen molar-refractivity contribution in [1.29, 1.82) is 0 Å². The topological polar surface area (TPSA) is 35.2 Å². The van der Waals surface area contributed by atoms with E-state index in [9.17, 15) is 0 Å². The Morgan fingerprint density at radius 2 is 2.00 bits per heavy atom. The van der Waals surface area contributed by atoms with Gasteiger partial charge in [-0.15, -0.1) is 0 Å². The zero-order valence-electron chi connectivity index (χ0n) is 9.16. The molecule has 80 valence electrons. The highest BCUT2D eigenvalue weighted by molar-refractivity contribution is 5.81. The molecule has 1 aliphatic carbocycles. The lowest BCUT2D eigenvalue weighted by atomic mass is 10.1. The van der Waals surface area contributed by atoms with Crippen LogP contribution in [0.4, 0.5) is 5.69 Å². The van der Waals surface area contributed by atoms with E-state index < -0.39 is 0 Å². The molecule has 0 bridgehead atoms. The molecule has 2 N–H and O–H groups in total. The van der Waals surface area contributed by atoms with Crippen LogP contribution >= 0.6 is 0 Å². The van der Waals surface area contributed by atoms with Gasteiger partial charge < -0.3 is 10.5 Å². The van der Waals surface area contributed by atoms with Gasteiger partial charge in [0.25, 0.3) is 0 Å². The van der Waals surface area contributed by atoms with Gasteiger partial charge in [-0.3, -0.25) is 0 Å². The van der Waals surface area contributed by atoms with Gasteiger partial charge >= 0.3 is 0 Å². The highest BCUT2D eigenvalue weighted by Gasteiger charge is 2.20. The average molecular weight is 211 g/mol. The van der Waals surface area contributed by atoms with Crippen molar-refractivity contribution in [3.63, 3.8) is 0 Å². The third-order valence-electron chi connectivity index (χ3n) is 3.18. The number of anilines is 1. The molecule has 2 aromatic carbocycles. The van der Waals surface area contributed by atoms with Crippen molar-refractivity contribution in [3.8, 4) is 16.9 Å². The van der Waals surface area contributed by atoms with Crippen LogP contribution in [0, 0.1) is 0 Å². The van der Waals surface area contributed by atoms with E-state index in [-0.39, 0.29) is 0 Å². The fraction of sp³-hybridized carbons (Fsp3) is 0.143. The van der Waals surface area contributed by atoms with Gasteiger partial charge in [0, 0.05) is 12.1 Å². The van der Waals surface area contributed by atoms with E-state index in [2.05, 4.69) is 18.2 Å². The van der Waals surface area contributed by atoms with Crippen molar-refractivity contribution < 1.29 is 4.74 Å². The molecule has 0 spiro atoms. The van der Waals surface area contributed by atoms with Crippen LogP contribution in [0.1, 0.15) is 11.1 Å². The molecule has 0 saturated carbocycles. The van der Waals surface area contributed by atoms with Gasteiger partial charge in [0.1, 0.15) is 5.75 Å². The molecule has 0 amide bonds. The van der Waals surface area contributed by atoms with E-state index in [1.807, 2.05) is 18.2 Å². The highest BCUT2D eigenvalue weighted by atomic mass is 16.5. The van der Waals surface area contributed by atoms with Crippen LogP contribution in [0.5, 0.6) is 5.75 Å². The SMILES string of the molecule is COc1ccc2c(c1)Cc1c(N)cccc1-2. The van der Waals surface area contributed by atoms with E-state index in [0.717, 1.165) is 17.9 Å². The number of hydrogen-bond acceptors (Lipinski definition) is 2. The van der Waals surface area contributed by atoms with Crippen LogP contribution in [0.25, 0.3) is 11.1 Å². The average Bonchev–Trinajstić information content (AvgIpc) is 2.68. The molecule has 0 aromatic heterocycles. The Hall–Kier alpha value is -1.96. The summed E-state index contributed by atoms with van der Waals surface area (Å²) in [4.78, 5) is 0. The molecule has 0 saturated heterocycles. The van der Waals surface area contributed by atoms with E-state index in [1.54, 1.807) is 7.11 Å². The number of rotatable bonds is 1. The second-order valence-corrected chi connectivity index (χ2v) is 4.07. The number of hydrogen-bond donors (Lipinski definition) is 1. The maximum absolute atomic E-state index is 5.99. The van der Waals surface area contributed by atoms with Crippen LogP contribution in [-0.2, 0) is 6.42 Å². The maximum atomic E-state index is 5.99. The van der Waals surface area contributed by atoms with Gasteiger partial charge in [-0.1, -0.05) is 18.2 Å². The molecule has 0 aliphatic heterocycles. The van der Waals surface area contributed by atoms with Crippen molar-refractivity contribution >= 4 is 5.69 Å². The Labute approximate surface area is 94.7 Å². The minimum Gasteiger partial charge on any atom is -0.497 e. The zero-order valence-corrected chi connectivity index (χ0v) is 9.16. The largest absolute Gasteiger partial charge is 0.497 e. The molecule has 2 heteroatoms. The van der Waals surface area contributed by atoms with E-state index in [4.69, 9.17) is 10.5 Å². The lowest BCUT2D eigenvalue weighted by molar-refractivity contribution is 0.414. The van der Waals surface area contributed by atoms with Gasteiger partial charge in [0.2, 0.25) is 0 Å². The minimum absolute atomic E-state index is 0.882. The van der Waals surface area contributed by atoms with Crippen LogP contribution < -0.4 is 10.5 Å². The van der Waals surface area contributed by atoms with Crippen LogP contribution in [0.15, 0.2) is 36.4 Å². The first kappa shape index (κ1) is 9.28. The van der Waals surface area contributed by atoms with Gasteiger partial charge in [-0.2, -0.15) is 0 Å². The Morgan fingerprint density at radius 3 is 2.81 bits per heavy atom. The maximum Gasteiger partial charge on any atom is 0.119 e. The van der Waals surface area contributed by atoms with Crippen LogP contribution in [-0.4, -0.2) is 7.11 Å². The van der Waals surface area contributed by atoms with Gasteiger partial charge in [0.05, 0.1) is 7.11 Å². The number of nitrogens with two attached hydrogens (primary N) is 1.